The van der Waals surface area contributed by atoms with E-state index < -0.39 is 23.1 Å². The van der Waals surface area contributed by atoms with Crippen molar-refractivity contribution in [3.05, 3.63) is 156 Å². The molecular weight excluding hydrogens is 928 g/mol. The van der Waals surface area contributed by atoms with Crippen LogP contribution >= 0.6 is 11.6 Å². The quantitative estimate of drug-likeness (QED) is 0.0445. The van der Waals surface area contributed by atoms with Crippen LogP contribution in [0.4, 0.5) is 11.6 Å². The molecule has 0 aliphatic carbocycles. The summed E-state index contributed by atoms with van der Waals surface area (Å²) in [6, 6.07) is 20.1. The highest BCUT2D eigenvalue weighted by Gasteiger charge is 2.33. The van der Waals surface area contributed by atoms with Gasteiger partial charge in [-0.1, -0.05) is 56.0 Å². The van der Waals surface area contributed by atoms with Crippen molar-refractivity contribution in [2.24, 2.45) is 11.5 Å². The summed E-state index contributed by atoms with van der Waals surface area (Å²) in [5.74, 6) is 12.1. The Balaban J connectivity index is 0.000000213. The van der Waals surface area contributed by atoms with Crippen LogP contribution < -0.4 is 39.1 Å². The molecule has 0 unspecified atom stereocenters. The standard InChI is InChI=1S/C25H27N7O3.C22H25N7O2.C3H3ClO/c1-3-20(33)31-13-5-4-6-18(31)24-30-21(22(23(26)34)32(24)27)16-8-10-17(11-9-16)25(35)29-19-12-7-15(2)14-28-19;1-13-5-10-17(26-12-13)27-22(31)15-8-6-14(7-9-15)18-19(20(23)30)29(24)21(28-18)16-4-2-3-11-25-16;1-2-3(4)5/h3,7-12,14,18H,1,4-6,13,27H2,2H3,(H2,26,34)(H,28,29,35);5-10,12,16,25H,2-4,11,24H2,1H3,(H2,23,30)(H,26,27,31);2H,1H2/t18-;16-;/m00./s1. The molecule has 6 heterocycles. The number of nitrogens with two attached hydrogens (primary N) is 4. The van der Waals surface area contributed by atoms with Crippen LogP contribution in [0.25, 0.3) is 22.5 Å². The number of halogens is 1. The minimum absolute atomic E-state index is 0.0256. The summed E-state index contributed by atoms with van der Waals surface area (Å²) in [5.41, 5.74) is 16.2. The highest BCUT2D eigenvalue weighted by atomic mass is 35.5. The van der Waals surface area contributed by atoms with Crippen LogP contribution in [0.3, 0.4) is 0 Å². The van der Waals surface area contributed by atoms with Gasteiger partial charge in [0.05, 0.1) is 12.1 Å². The summed E-state index contributed by atoms with van der Waals surface area (Å²) in [6.45, 7) is 11.9. The number of aromatic nitrogens is 6. The lowest BCUT2D eigenvalue weighted by Gasteiger charge is -2.34. The van der Waals surface area contributed by atoms with E-state index in [1.54, 1.807) is 78.0 Å². The normalized spacial score (nSPS) is 15.1. The molecule has 20 nitrogen and oxygen atoms in total. The minimum Gasteiger partial charge on any atom is -0.364 e. The Morgan fingerprint density at radius 2 is 1.13 bits per heavy atom. The number of imidazole rings is 2. The lowest BCUT2D eigenvalue weighted by molar-refractivity contribution is -0.130. The number of rotatable bonds is 12. The second kappa shape index (κ2) is 23.7. The van der Waals surface area contributed by atoms with Gasteiger partial charge in [0.1, 0.15) is 28.8 Å². The molecule has 0 saturated carbocycles. The fourth-order valence-corrected chi connectivity index (χ4v) is 7.93. The summed E-state index contributed by atoms with van der Waals surface area (Å²) in [4.78, 5) is 90.7. The zero-order valence-corrected chi connectivity index (χ0v) is 40.0. The molecule has 2 saturated heterocycles. The first-order chi connectivity index (χ1) is 34.0. The molecule has 0 radical (unpaired) electrons. The zero-order valence-electron chi connectivity index (χ0n) is 39.2. The molecule has 11 N–H and O–H groups in total. The lowest BCUT2D eigenvalue weighted by atomic mass is 10.0. The number of aryl methyl sites for hydroxylation is 2. The minimum atomic E-state index is -0.745. The number of benzene rings is 2. The van der Waals surface area contributed by atoms with Crippen LogP contribution in [0.1, 0.15) is 115 Å². The van der Waals surface area contributed by atoms with E-state index in [0.717, 1.165) is 55.9 Å². The Bertz CT molecular complexity index is 2930. The largest absolute Gasteiger partial charge is 0.364 e. The molecule has 4 aromatic heterocycles. The Morgan fingerprint density at radius 1 is 0.662 bits per heavy atom. The predicted molar refractivity (Wildman–Crippen MR) is 271 cm³/mol. The van der Waals surface area contributed by atoms with Gasteiger partial charge in [0, 0.05) is 41.2 Å². The summed E-state index contributed by atoms with van der Waals surface area (Å²) < 4.78 is 2.45. The number of primary amides is 2. The van der Waals surface area contributed by atoms with E-state index in [0.29, 0.717) is 69.9 Å². The van der Waals surface area contributed by atoms with E-state index in [1.165, 1.54) is 15.4 Å². The summed E-state index contributed by atoms with van der Waals surface area (Å²) >= 11 is 4.71. The van der Waals surface area contributed by atoms with E-state index in [1.807, 2.05) is 26.0 Å². The summed E-state index contributed by atoms with van der Waals surface area (Å²) in [6.07, 6.45) is 11.1. The van der Waals surface area contributed by atoms with Gasteiger partial charge in [0.15, 0.2) is 17.2 Å². The Kier molecular flexibility index (Phi) is 17.3. The first kappa shape index (κ1) is 51.9. The van der Waals surface area contributed by atoms with E-state index in [2.05, 4.69) is 49.0 Å². The molecule has 5 amide bonds. The average Bonchev–Trinajstić information content (AvgIpc) is 3.92. The van der Waals surface area contributed by atoms with Gasteiger partial charge < -0.3 is 44.0 Å². The second-order valence-electron chi connectivity index (χ2n) is 16.6. The number of carbonyl (C=O) groups is 6. The Labute approximate surface area is 414 Å². The van der Waals surface area contributed by atoms with Crippen LogP contribution in [-0.4, -0.2) is 82.1 Å². The Morgan fingerprint density at radius 3 is 1.54 bits per heavy atom. The molecule has 71 heavy (non-hydrogen) atoms. The SMILES string of the molecule is C=CC(=O)Cl.C=CC(=O)N1CCCC[C@H]1c1nc(-c2ccc(C(=O)Nc3ccc(C)cn3)cc2)c(C(N)=O)n1N.Cc1ccc(NC(=O)c2ccc(-c3nc([C@@H]4CCCCN4)n(N)c3C(N)=O)cc2)nc1. The molecule has 2 aliphatic heterocycles. The van der Waals surface area contributed by atoms with E-state index in [9.17, 15) is 28.8 Å². The van der Waals surface area contributed by atoms with Crippen molar-refractivity contribution in [3.8, 4) is 22.5 Å². The third-order valence-corrected chi connectivity index (χ3v) is 11.7. The maximum Gasteiger partial charge on any atom is 0.269 e. The monoisotopic (exact) mass is 982 g/mol. The maximum absolute atomic E-state index is 12.6. The average molecular weight is 984 g/mol. The molecule has 2 aromatic carbocycles. The number of amides is 5. The molecule has 2 fully saturated rings. The van der Waals surface area contributed by atoms with Crippen molar-refractivity contribution >= 4 is 58.0 Å². The smallest absolute Gasteiger partial charge is 0.269 e. The van der Waals surface area contributed by atoms with Gasteiger partial charge in [0.2, 0.25) is 11.1 Å². The first-order valence-corrected chi connectivity index (χ1v) is 22.9. The van der Waals surface area contributed by atoms with Gasteiger partial charge in [-0.3, -0.25) is 28.8 Å². The molecule has 21 heteroatoms. The van der Waals surface area contributed by atoms with Crippen LogP contribution in [0.2, 0.25) is 0 Å². The number of anilines is 2. The number of piperidine rings is 2. The van der Waals surface area contributed by atoms with Crippen molar-refractivity contribution in [2.45, 2.75) is 64.5 Å². The van der Waals surface area contributed by atoms with E-state index >= 15 is 0 Å². The molecular formula is C50H55ClN14O6. The summed E-state index contributed by atoms with van der Waals surface area (Å²) in [7, 11) is 0. The van der Waals surface area contributed by atoms with Crippen molar-refractivity contribution < 1.29 is 28.8 Å². The maximum atomic E-state index is 12.6. The van der Waals surface area contributed by atoms with E-state index in [-0.39, 0.29) is 35.2 Å². The fourth-order valence-electron chi connectivity index (χ4n) is 7.93. The zero-order chi connectivity index (χ0) is 51.4. The third kappa shape index (κ3) is 12.8. The van der Waals surface area contributed by atoms with Crippen LogP contribution in [0.5, 0.6) is 0 Å². The molecule has 8 rings (SSSR count). The van der Waals surface area contributed by atoms with Crippen molar-refractivity contribution in [1.29, 1.82) is 0 Å². The van der Waals surface area contributed by atoms with Crippen molar-refractivity contribution in [3.63, 3.8) is 0 Å². The molecule has 2 aliphatic rings. The number of nitrogens with one attached hydrogen (secondary N) is 3. The first-order valence-electron chi connectivity index (χ1n) is 22.5. The fraction of sp³-hybridized carbons (Fsp3) is 0.240. The van der Waals surface area contributed by atoms with Crippen molar-refractivity contribution in [1.82, 2.24) is 39.5 Å². The topological polar surface area (TPSA) is 307 Å². The molecule has 368 valence electrons. The van der Waals surface area contributed by atoms with Crippen molar-refractivity contribution in [2.75, 3.05) is 35.4 Å². The predicted octanol–water partition coefficient (Wildman–Crippen LogP) is 5.63. The number of hydrogen-bond acceptors (Lipinski definition) is 13. The number of hydrogen-bond donors (Lipinski definition) is 7. The highest BCUT2D eigenvalue weighted by molar-refractivity contribution is 6.66. The number of allylic oxidation sites excluding steroid dienone is 1. The number of carbonyl (C=O) groups excluding carboxylic acids is 6. The lowest BCUT2D eigenvalue weighted by Crippen LogP contribution is -2.39. The van der Waals surface area contributed by atoms with Gasteiger partial charge in [-0.2, -0.15) is 0 Å². The second-order valence-corrected chi connectivity index (χ2v) is 16.9. The van der Waals surface area contributed by atoms with Gasteiger partial charge in [0.25, 0.3) is 23.6 Å². The molecule has 2 atom stereocenters. The van der Waals surface area contributed by atoms with E-state index in [4.69, 9.17) is 34.8 Å². The number of pyridine rings is 2. The molecule has 0 spiro atoms. The van der Waals surface area contributed by atoms with Gasteiger partial charge in [-0.05, 0) is 124 Å². The number of likely N-dealkylation sites (tertiary alicyclic amines) is 1. The van der Waals surface area contributed by atoms with Crippen LogP contribution in [-0.2, 0) is 9.59 Å². The summed E-state index contributed by atoms with van der Waals surface area (Å²) in [5, 5.41) is 8.37. The van der Waals surface area contributed by atoms with Gasteiger partial charge in [-0.25, -0.2) is 29.3 Å². The molecule has 6 aromatic rings. The Hall–Kier alpha value is -8.49. The molecule has 0 bridgehead atoms. The van der Waals surface area contributed by atoms with Crippen LogP contribution in [0, 0.1) is 13.8 Å². The van der Waals surface area contributed by atoms with Gasteiger partial charge >= 0.3 is 0 Å². The third-order valence-electron chi connectivity index (χ3n) is 11.5. The number of nitrogen functional groups attached to an aromatic ring is 2. The van der Waals surface area contributed by atoms with Crippen LogP contribution in [0.15, 0.2) is 111 Å². The van der Waals surface area contributed by atoms with Gasteiger partial charge in [-0.15, -0.1) is 0 Å². The number of nitrogens with zero attached hydrogens (tertiary/aromatic N) is 7. The highest BCUT2D eigenvalue weighted by Crippen LogP contribution is 2.34.